The van der Waals surface area contributed by atoms with Crippen molar-refractivity contribution in [1.82, 2.24) is 14.9 Å². The Bertz CT molecular complexity index is 743. The van der Waals surface area contributed by atoms with E-state index in [-0.39, 0.29) is 5.91 Å². The van der Waals surface area contributed by atoms with E-state index in [4.69, 9.17) is 0 Å². The van der Waals surface area contributed by atoms with Gasteiger partial charge >= 0.3 is 0 Å². The van der Waals surface area contributed by atoms with Gasteiger partial charge in [0.15, 0.2) is 0 Å². The van der Waals surface area contributed by atoms with Crippen molar-refractivity contribution < 1.29 is 4.79 Å². The minimum Gasteiger partial charge on any atom is -0.365 e. The van der Waals surface area contributed by atoms with Crippen LogP contribution in [-0.2, 0) is 0 Å². The summed E-state index contributed by atoms with van der Waals surface area (Å²) in [4.78, 5) is 23.3. The van der Waals surface area contributed by atoms with E-state index in [0.29, 0.717) is 23.5 Å². The van der Waals surface area contributed by atoms with Crippen LogP contribution in [0.1, 0.15) is 60.5 Å². The first-order chi connectivity index (χ1) is 12.8. The average Bonchev–Trinajstić information content (AvgIpc) is 3.24. The maximum Gasteiger partial charge on any atom is 0.274 e. The van der Waals surface area contributed by atoms with Crippen LogP contribution in [0.15, 0.2) is 42.7 Å². The molecule has 2 heterocycles. The number of benzene rings is 1. The van der Waals surface area contributed by atoms with Gasteiger partial charge in [-0.25, -0.2) is 4.98 Å². The summed E-state index contributed by atoms with van der Waals surface area (Å²) < 4.78 is 0. The number of aromatic nitrogens is 2. The van der Waals surface area contributed by atoms with Gasteiger partial charge < -0.3 is 10.2 Å². The van der Waals surface area contributed by atoms with Crippen LogP contribution < -0.4 is 5.32 Å². The zero-order valence-electron chi connectivity index (χ0n) is 15.1. The summed E-state index contributed by atoms with van der Waals surface area (Å²) in [7, 11) is 0. The molecular formula is C21H26N4O. The molecular weight excluding hydrogens is 324 g/mol. The Labute approximate surface area is 154 Å². The maximum absolute atomic E-state index is 12.6. The zero-order valence-corrected chi connectivity index (χ0v) is 15.1. The van der Waals surface area contributed by atoms with Crippen LogP contribution in [0.25, 0.3) is 0 Å². The molecule has 1 amide bonds. The molecule has 0 bridgehead atoms. The number of rotatable bonds is 4. The Balaban J connectivity index is 1.50. The summed E-state index contributed by atoms with van der Waals surface area (Å²) in [5.74, 6) is 1.19. The molecule has 26 heavy (non-hydrogen) atoms. The van der Waals surface area contributed by atoms with E-state index in [1.54, 1.807) is 12.4 Å². The lowest BCUT2D eigenvalue weighted by molar-refractivity contribution is 0.0786. The first-order valence-electron chi connectivity index (χ1n) is 9.74. The van der Waals surface area contributed by atoms with Crippen LogP contribution in [0.5, 0.6) is 0 Å². The molecule has 1 saturated heterocycles. The molecule has 1 saturated carbocycles. The smallest absolute Gasteiger partial charge is 0.274 e. The lowest BCUT2D eigenvalue weighted by atomic mass is 9.80. The fraction of sp³-hybridized carbons (Fsp3) is 0.476. The van der Waals surface area contributed by atoms with E-state index in [9.17, 15) is 4.79 Å². The Morgan fingerprint density at radius 3 is 2.58 bits per heavy atom. The third-order valence-electron chi connectivity index (χ3n) is 5.57. The molecule has 0 radical (unpaired) electrons. The molecule has 2 atom stereocenters. The standard InChI is InChI=1S/C21H26N4O/c26-21(25-12-6-7-13-25)19-14-22-15-20(24-19)23-18-11-5-4-10-17(18)16-8-2-1-3-9-16/h1-3,8-9,14-15,17-18H,4-7,10-13H2,(H,23,24)/t17-,18+/m0/s1. The van der Waals surface area contributed by atoms with Gasteiger partial charge in [-0.05, 0) is 31.2 Å². The Kier molecular flexibility index (Phi) is 5.14. The van der Waals surface area contributed by atoms with Gasteiger partial charge in [0.2, 0.25) is 0 Å². The molecule has 1 N–H and O–H groups in total. The van der Waals surface area contributed by atoms with Crippen molar-refractivity contribution in [3.63, 3.8) is 0 Å². The van der Waals surface area contributed by atoms with Crippen molar-refractivity contribution in [2.24, 2.45) is 0 Å². The number of amides is 1. The van der Waals surface area contributed by atoms with Crippen LogP contribution in [0.2, 0.25) is 0 Å². The topological polar surface area (TPSA) is 58.1 Å². The molecule has 0 unspecified atom stereocenters. The Hall–Kier alpha value is -2.43. The summed E-state index contributed by atoms with van der Waals surface area (Å²) in [6.07, 6.45) is 10.3. The van der Waals surface area contributed by atoms with Crippen LogP contribution >= 0.6 is 0 Å². The van der Waals surface area contributed by atoms with Gasteiger partial charge in [-0.15, -0.1) is 0 Å². The number of carbonyl (C=O) groups is 1. The SMILES string of the molecule is O=C(c1cncc(N[C@@H]2CCCC[C@H]2c2ccccc2)n1)N1CCCC1. The molecule has 2 fully saturated rings. The second kappa shape index (κ2) is 7.85. The normalized spacial score (nSPS) is 23.0. The van der Waals surface area contributed by atoms with Crippen LogP contribution in [0.4, 0.5) is 5.82 Å². The predicted octanol–water partition coefficient (Wildman–Crippen LogP) is 3.85. The summed E-state index contributed by atoms with van der Waals surface area (Å²) >= 11 is 0. The van der Waals surface area contributed by atoms with Gasteiger partial charge in [-0.3, -0.25) is 9.78 Å². The van der Waals surface area contributed by atoms with Gasteiger partial charge in [-0.1, -0.05) is 43.2 Å². The van der Waals surface area contributed by atoms with Crippen LogP contribution in [0, 0.1) is 0 Å². The Morgan fingerprint density at radius 1 is 1.00 bits per heavy atom. The molecule has 1 aromatic heterocycles. The third kappa shape index (κ3) is 3.71. The molecule has 136 valence electrons. The van der Waals surface area contributed by atoms with E-state index < -0.39 is 0 Å². The van der Waals surface area contributed by atoms with Gasteiger partial charge in [0, 0.05) is 25.0 Å². The third-order valence-corrected chi connectivity index (χ3v) is 5.57. The van der Waals surface area contributed by atoms with Crippen molar-refractivity contribution in [2.75, 3.05) is 18.4 Å². The van der Waals surface area contributed by atoms with Crippen LogP contribution in [-0.4, -0.2) is 39.9 Å². The quantitative estimate of drug-likeness (QED) is 0.910. The van der Waals surface area contributed by atoms with Crippen LogP contribution in [0.3, 0.4) is 0 Å². The van der Waals surface area contributed by atoms with Crippen molar-refractivity contribution in [1.29, 1.82) is 0 Å². The molecule has 2 aromatic rings. The summed E-state index contributed by atoms with van der Waals surface area (Å²) in [5.41, 5.74) is 1.82. The molecule has 1 aliphatic carbocycles. The van der Waals surface area contributed by atoms with E-state index >= 15 is 0 Å². The second-order valence-corrected chi connectivity index (χ2v) is 7.34. The highest BCUT2D eigenvalue weighted by molar-refractivity contribution is 5.92. The highest BCUT2D eigenvalue weighted by Crippen LogP contribution is 2.34. The maximum atomic E-state index is 12.6. The van der Waals surface area contributed by atoms with E-state index in [1.807, 2.05) is 4.90 Å². The highest BCUT2D eigenvalue weighted by Gasteiger charge is 2.27. The predicted molar refractivity (Wildman–Crippen MR) is 102 cm³/mol. The number of likely N-dealkylation sites (tertiary alicyclic amines) is 1. The van der Waals surface area contributed by atoms with Crippen molar-refractivity contribution in [3.05, 3.63) is 54.0 Å². The molecule has 0 spiro atoms. The molecule has 5 nitrogen and oxygen atoms in total. The van der Waals surface area contributed by atoms with Crippen molar-refractivity contribution >= 4 is 11.7 Å². The summed E-state index contributed by atoms with van der Waals surface area (Å²) in [5, 5.41) is 3.57. The van der Waals surface area contributed by atoms with Gasteiger partial charge in [0.25, 0.3) is 5.91 Å². The molecule has 5 heteroatoms. The van der Waals surface area contributed by atoms with Crippen molar-refractivity contribution in [2.45, 2.75) is 50.5 Å². The number of carbonyl (C=O) groups excluding carboxylic acids is 1. The number of nitrogens with zero attached hydrogens (tertiary/aromatic N) is 3. The second-order valence-electron chi connectivity index (χ2n) is 7.34. The number of nitrogens with one attached hydrogen (secondary N) is 1. The number of anilines is 1. The summed E-state index contributed by atoms with van der Waals surface area (Å²) in [6.45, 7) is 1.66. The number of hydrogen-bond donors (Lipinski definition) is 1. The minimum atomic E-state index is 0.00176. The van der Waals surface area contributed by atoms with Gasteiger partial charge in [-0.2, -0.15) is 0 Å². The summed E-state index contributed by atoms with van der Waals surface area (Å²) in [6, 6.07) is 11.0. The Morgan fingerprint density at radius 2 is 1.77 bits per heavy atom. The zero-order chi connectivity index (χ0) is 17.8. The largest absolute Gasteiger partial charge is 0.365 e. The lowest BCUT2D eigenvalue weighted by Crippen LogP contribution is -2.32. The van der Waals surface area contributed by atoms with E-state index in [2.05, 4.69) is 45.6 Å². The van der Waals surface area contributed by atoms with Gasteiger partial charge in [0.05, 0.1) is 12.4 Å². The number of hydrogen-bond acceptors (Lipinski definition) is 4. The highest BCUT2D eigenvalue weighted by atomic mass is 16.2. The monoisotopic (exact) mass is 350 g/mol. The first kappa shape index (κ1) is 17.0. The average molecular weight is 350 g/mol. The van der Waals surface area contributed by atoms with E-state index in [0.717, 1.165) is 32.4 Å². The fourth-order valence-corrected chi connectivity index (χ4v) is 4.21. The lowest BCUT2D eigenvalue weighted by Gasteiger charge is -2.33. The van der Waals surface area contributed by atoms with Crippen molar-refractivity contribution in [3.8, 4) is 0 Å². The van der Waals surface area contributed by atoms with Gasteiger partial charge in [0.1, 0.15) is 11.5 Å². The minimum absolute atomic E-state index is 0.00176. The van der Waals surface area contributed by atoms with E-state index in [1.165, 1.54) is 24.8 Å². The molecule has 2 aliphatic rings. The molecule has 1 aliphatic heterocycles. The fourth-order valence-electron chi connectivity index (χ4n) is 4.21. The first-order valence-corrected chi connectivity index (χ1v) is 9.74. The molecule has 1 aromatic carbocycles. The molecule has 4 rings (SSSR count).